The minimum absolute atomic E-state index is 0.0755. The largest absolute Gasteiger partial charge is 0.487 e. The highest BCUT2D eigenvalue weighted by Crippen LogP contribution is 2.33. The van der Waals surface area contributed by atoms with E-state index in [4.69, 9.17) is 4.74 Å². The van der Waals surface area contributed by atoms with Gasteiger partial charge in [0.15, 0.2) is 0 Å². The minimum Gasteiger partial charge on any atom is -0.487 e. The molecule has 0 spiro atoms. The normalized spacial score (nSPS) is 21.9. The van der Waals surface area contributed by atoms with E-state index in [0.717, 1.165) is 5.56 Å². The van der Waals surface area contributed by atoms with Crippen molar-refractivity contribution in [2.24, 2.45) is 5.92 Å². The zero-order valence-electron chi connectivity index (χ0n) is 17.5. The molecule has 2 N–H and O–H groups in total. The molecule has 3 rings (SSSR count). The van der Waals surface area contributed by atoms with E-state index in [9.17, 15) is 13.5 Å². The topological polar surface area (TPSA) is 78.9 Å². The summed E-state index contributed by atoms with van der Waals surface area (Å²) in [6.07, 6.45) is -0.227. The summed E-state index contributed by atoms with van der Waals surface area (Å²) in [7, 11) is -1.99. The summed E-state index contributed by atoms with van der Waals surface area (Å²) in [6.45, 7) is 4.25. The Labute approximate surface area is 178 Å². The molecule has 160 valence electrons. The second-order valence-electron chi connectivity index (χ2n) is 7.58. The number of hydrogen-bond donors (Lipinski definition) is 2. The maximum absolute atomic E-state index is 13.4. The maximum Gasteiger partial charge on any atom is 0.247 e. The van der Waals surface area contributed by atoms with Gasteiger partial charge < -0.3 is 15.2 Å². The smallest absolute Gasteiger partial charge is 0.247 e. The Morgan fingerprint density at radius 2 is 1.90 bits per heavy atom. The Morgan fingerprint density at radius 3 is 2.57 bits per heavy atom. The van der Waals surface area contributed by atoms with Crippen LogP contribution in [0.25, 0.3) is 0 Å². The summed E-state index contributed by atoms with van der Waals surface area (Å²) in [4.78, 5) is 0.0982. The van der Waals surface area contributed by atoms with Crippen LogP contribution in [0.3, 0.4) is 0 Å². The summed E-state index contributed by atoms with van der Waals surface area (Å²) >= 11 is 0. The van der Waals surface area contributed by atoms with Gasteiger partial charge >= 0.3 is 0 Å². The second kappa shape index (κ2) is 9.63. The highest BCUT2D eigenvalue weighted by molar-refractivity contribution is 7.89. The van der Waals surface area contributed by atoms with Crippen LogP contribution >= 0.6 is 0 Å². The fourth-order valence-corrected chi connectivity index (χ4v) is 5.24. The van der Waals surface area contributed by atoms with E-state index in [1.807, 2.05) is 44.3 Å². The molecule has 0 fully saturated rings. The minimum atomic E-state index is -3.83. The van der Waals surface area contributed by atoms with Crippen LogP contribution in [-0.4, -0.2) is 56.7 Å². The van der Waals surface area contributed by atoms with Crippen molar-refractivity contribution in [1.82, 2.24) is 9.62 Å². The molecule has 1 aliphatic rings. The van der Waals surface area contributed by atoms with Gasteiger partial charge in [0.05, 0.1) is 6.61 Å². The van der Waals surface area contributed by atoms with Crippen LogP contribution in [0.15, 0.2) is 53.4 Å². The third kappa shape index (κ3) is 4.85. The first-order chi connectivity index (χ1) is 14.4. The first-order valence-corrected chi connectivity index (χ1v) is 11.5. The highest BCUT2D eigenvalue weighted by Gasteiger charge is 2.37. The third-order valence-corrected chi connectivity index (χ3v) is 7.22. The van der Waals surface area contributed by atoms with Crippen molar-refractivity contribution in [3.8, 4) is 17.6 Å². The number of fused-ring (bicyclic) bond motifs is 1. The molecule has 0 aliphatic carbocycles. The predicted octanol–water partition coefficient (Wildman–Crippen LogP) is 2.07. The molecule has 2 aromatic rings. The summed E-state index contributed by atoms with van der Waals surface area (Å²) in [5.41, 5.74) is 1.55. The van der Waals surface area contributed by atoms with E-state index in [1.54, 1.807) is 25.1 Å². The first-order valence-electron chi connectivity index (χ1n) is 10.0. The van der Waals surface area contributed by atoms with Crippen molar-refractivity contribution in [3.05, 3.63) is 59.7 Å². The number of aliphatic hydroxyl groups excluding tert-OH is 1. The van der Waals surface area contributed by atoms with Gasteiger partial charge in [0.1, 0.15) is 16.7 Å². The first kappa shape index (κ1) is 22.3. The molecular formula is C23H28N2O4S. The summed E-state index contributed by atoms with van der Waals surface area (Å²) in [6, 6.07) is 14.0. The molecule has 3 atom stereocenters. The summed E-state index contributed by atoms with van der Waals surface area (Å²) in [5.74, 6) is 6.38. The fraction of sp³-hybridized carbons (Fsp3) is 0.391. The van der Waals surface area contributed by atoms with Crippen molar-refractivity contribution in [2.75, 3.05) is 26.7 Å². The van der Waals surface area contributed by atoms with Crippen LogP contribution in [0.2, 0.25) is 0 Å². The molecule has 0 radical (unpaired) electrons. The van der Waals surface area contributed by atoms with Crippen LogP contribution in [0.1, 0.15) is 25.0 Å². The fourth-order valence-electron chi connectivity index (χ4n) is 3.41. The Balaban J connectivity index is 2.07. The second-order valence-corrected chi connectivity index (χ2v) is 9.43. The average molecular weight is 429 g/mol. The molecule has 0 aromatic heterocycles. The van der Waals surface area contributed by atoms with Gasteiger partial charge in [0, 0.05) is 36.2 Å². The number of rotatable bonds is 4. The van der Waals surface area contributed by atoms with E-state index in [0.29, 0.717) is 12.1 Å². The monoisotopic (exact) mass is 428 g/mol. The summed E-state index contributed by atoms with van der Waals surface area (Å²) < 4.78 is 34.3. The molecule has 1 aliphatic heterocycles. The zero-order valence-corrected chi connectivity index (χ0v) is 18.3. The average Bonchev–Trinajstić information content (AvgIpc) is 2.75. The van der Waals surface area contributed by atoms with Crippen molar-refractivity contribution < 1.29 is 18.3 Å². The molecule has 7 heteroatoms. The van der Waals surface area contributed by atoms with E-state index >= 15 is 0 Å². The van der Waals surface area contributed by atoms with Crippen LogP contribution in [-0.2, 0) is 10.0 Å². The van der Waals surface area contributed by atoms with Crippen LogP contribution in [0.4, 0.5) is 0 Å². The van der Waals surface area contributed by atoms with Crippen LogP contribution in [0.5, 0.6) is 5.75 Å². The van der Waals surface area contributed by atoms with Gasteiger partial charge in [0.25, 0.3) is 0 Å². The van der Waals surface area contributed by atoms with Crippen molar-refractivity contribution >= 4 is 10.0 Å². The lowest BCUT2D eigenvalue weighted by Gasteiger charge is -2.36. The molecule has 0 unspecified atom stereocenters. The van der Waals surface area contributed by atoms with Crippen molar-refractivity contribution in [3.63, 3.8) is 0 Å². The molecule has 0 saturated heterocycles. The van der Waals surface area contributed by atoms with Gasteiger partial charge in [-0.05, 0) is 44.3 Å². The van der Waals surface area contributed by atoms with E-state index in [-0.39, 0.29) is 35.8 Å². The Hall–Kier alpha value is -2.37. The van der Waals surface area contributed by atoms with Gasteiger partial charge in [0.2, 0.25) is 10.0 Å². The molecular weight excluding hydrogens is 400 g/mol. The molecule has 1 heterocycles. The molecule has 30 heavy (non-hydrogen) atoms. The molecule has 0 amide bonds. The number of ether oxygens (including phenoxy) is 1. The van der Waals surface area contributed by atoms with E-state index in [1.165, 1.54) is 4.31 Å². The number of hydrogen-bond acceptors (Lipinski definition) is 5. The lowest BCUT2D eigenvalue weighted by molar-refractivity contribution is 0.103. The van der Waals surface area contributed by atoms with Gasteiger partial charge in [-0.25, -0.2) is 8.42 Å². The highest BCUT2D eigenvalue weighted by atomic mass is 32.2. The van der Waals surface area contributed by atoms with Crippen LogP contribution < -0.4 is 10.1 Å². The molecule has 2 aromatic carbocycles. The predicted molar refractivity (Wildman–Crippen MR) is 117 cm³/mol. The number of aliphatic hydroxyl groups is 1. The number of benzene rings is 2. The number of nitrogens with one attached hydrogen (secondary N) is 1. The van der Waals surface area contributed by atoms with Gasteiger partial charge in [-0.1, -0.05) is 37.0 Å². The van der Waals surface area contributed by atoms with Gasteiger partial charge in [-0.3, -0.25) is 0 Å². The van der Waals surface area contributed by atoms with E-state index < -0.39 is 16.1 Å². The number of sulfonamides is 1. The Kier molecular flexibility index (Phi) is 7.16. The number of likely N-dealkylation sites (N-methyl/N-ethyl adjacent to an activating group) is 1. The SMILES string of the molecule is CNC[C@H]1Oc2cc(C#Cc3ccccc3)ccc2S(=O)(=O)N([C@@H](C)CO)C[C@@H]1C. The number of nitrogens with zero attached hydrogens (tertiary/aromatic N) is 1. The van der Waals surface area contributed by atoms with Gasteiger partial charge in [-0.15, -0.1) is 0 Å². The quantitative estimate of drug-likeness (QED) is 0.729. The lowest BCUT2D eigenvalue weighted by Crippen LogP contribution is -2.49. The van der Waals surface area contributed by atoms with Crippen molar-refractivity contribution in [2.45, 2.75) is 30.9 Å². The van der Waals surface area contributed by atoms with Gasteiger partial charge in [-0.2, -0.15) is 4.31 Å². The third-order valence-electron chi connectivity index (χ3n) is 5.20. The summed E-state index contributed by atoms with van der Waals surface area (Å²) in [5, 5.41) is 12.8. The Morgan fingerprint density at radius 1 is 1.20 bits per heavy atom. The van der Waals surface area contributed by atoms with E-state index in [2.05, 4.69) is 17.2 Å². The zero-order chi connectivity index (χ0) is 21.7. The van der Waals surface area contributed by atoms with Crippen LogP contribution in [0, 0.1) is 17.8 Å². The molecule has 0 saturated carbocycles. The molecule has 6 nitrogen and oxygen atoms in total. The lowest BCUT2D eigenvalue weighted by atomic mass is 10.0. The van der Waals surface area contributed by atoms with Crippen molar-refractivity contribution in [1.29, 1.82) is 0 Å². The molecule has 0 bridgehead atoms. The standard InChI is InChI=1S/C23H28N2O4S/c1-17-15-25(18(2)16-26)30(27,28)23-12-11-20(10-9-19-7-5-4-6-8-19)13-21(23)29-22(17)14-24-3/h4-8,11-13,17-18,22,24,26H,14-16H2,1-3H3/t17-,18-,22+/m0/s1. The maximum atomic E-state index is 13.4. The Bertz CT molecular complexity index is 1030.